The summed E-state index contributed by atoms with van der Waals surface area (Å²) in [6.45, 7) is 2.38. The summed E-state index contributed by atoms with van der Waals surface area (Å²) < 4.78 is 5.33. The Hall–Kier alpha value is -1.29. The quantitative estimate of drug-likeness (QED) is 0.822. The number of amides is 1. The van der Waals surface area contributed by atoms with E-state index in [1.54, 1.807) is 6.26 Å². The lowest BCUT2D eigenvalue weighted by Gasteiger charge is -2.31. The van der Waals surface area contributed by atoms with Crippen LogP contribution in [0, 0.1) is 5.41 Å². The van der Waals surface area contributed by atoms with Crippen molar-refractivity contribution in [2.24, 2.45) is 11.1 Å². The van der Waals surface area contributed by atoms with Crippen molar-refractivity contribution in [2.45, 2.75) is 51.5 Å². The average Bonchev–Trinajstić information content (AvgIpc) is 2.84. The summed E-state index contributed by atoms with van der Waals surface area (Å²) in [5.74, 6) is 0.870. The fraction of sp³-hybridized carbons (Fsp3) is 0.667. The molecule has 0 saturated heterocycles. The first-order valence-electron chi connectivity index (χ1n) is 7.22. The Morgan fingerprint density at radius 3 is 2.63 bits per heavy atom. The van der Waals surface area contributed by atoms with E-state index in [4.69, 9.17) is 10.2 Å². The van der Waals surface area contributed by atoms with Gasteiger partial charge in [0.1, 0.15) is 5.76 Å². The Morgan fingerprint density at radius 2 is 2.11 bits per heavy atom. The van der Waals surface area contributed by atoms with E-state index in [9.17, 15) is 4.79 Å². The normalized spacial score (nSPS) is 20.5. The topological polar surface area (TPSA) is 68.3 Å². The van der Waals surface area contributed by atoms with Gasteiger partial charge in [-0.2, -0.15) is 0 Å². The largest absolute Gasteiger partial charge is 0.467 e. The van der Waals surface area contributed by atoms with E-state index >= 15 is 0 Å². The van der Waals surface area contributed by atoms with Gasteiger partial charge in [0.2, 0.25) is 5.91 Å². The van der Waals surface area contributed by atoms with Gasteiger partial charge in [-0.15, -0.1) is 0 Å². The summed E-state index contributed by atoms with van der Waals surface area (Å²) in [5, 5.41) is 3.06. The number of hydrogen-bond acceptors (Lipinski definition) is 3. The zero-order chi connectivity index (χ0) is 13.7. The Bertz CT molecular complexity index is 392. The molecule has 1 saturated carbocycles. The average molecular weight is 264 g/mol. The highest BCUT2D eigenvalue weighted by Crippen LogP contribution is 2.35. The first-order chi connectivity index (χ1) is 9.18. The molecule has 1 aliphatic carbocycles. The Balaban J connectivity index is 2.03. The molecular weight excluding hydrogens is 240 g/mol. The first kappa shape index (κ1) is 14.1. The van der Waals surface area contributed by atoms with Crippen molar-refractivity contribution in [3.05, 3.63) is 24.2 Å². The highest BCUT2D eigenvalue weighted by atomic mass is 16.3. The third-order valence-electron chi connectivity index (χ3n) is 4.25. The van der Waals surface area contributed by atoms with Crippen molar-refractivity contribution >= 4 is 5.91 Å². The van der Waals surface area contributed by atoms with Crippen LogP contribution in [0.2, 0.25) is 0 Å². The summed E-state index contributed by atoms with van der Waals surface area (Å²) in [5.41, 5.74) is 5.54. The van der Waals surface area contributed by atoms with Crippen LogP contribution in [0.1, 0.15) is 57.3 Å². The number of hydrogen-bond donors (Lipinski definition) is 2. The number of nitrogens with two attached hydrogens (primary N) is 1. The fourth-order valence-corrected chi connectivity index (χ4v) is 2.89. The number of nitrogens with one attached hydrogen (secondary N) is 1. The molecule has 1 aliphatic rings. The van der Waals surface area contributed by atoms with Crippen LogP contribution in [0.15, 0.2) is 22.8 Å². The van der Waals surface area contributed by atoms with Crippen molar-refractivity contribution < 1.29 is 9.21 Å². The van der Waals surface area contributed by atoms with E-state index in [-0.39, 0.29) is 17.4 Å². The molecule has 1 aromatic heterocycles. The summed E-state index contributed by atoms with van der Waals surface area (Å²) in [7, 11) is 0. The van der Waals surface area contributed by atoms with Gasteiger partial charge >= 0.3 is 0 Å². The van der Waals surface area contributed by atoms with Crippen LogP contribution in [0.5, 0.6) is 0 Å². The lowest BCUT2D eigenvalue weighted by atomic mass is 9.79. The van der Waals surface area contributed by atoms with Crippen LogP contribution in [0.3, 0.4) is 0 Å². The zero-order valence-electron chi connectivity index (χ0n) is 11.7. The first-order valence-corrected chi connectivity index (χ1v) is 7.22. The molecule has 0 aromatic carbocycles. The Morgan fingerprint density at radius 1 is 1.42 bits per heavy atom. The maximum Gasteiger partial charge on any atom is 0.228 e. The van der Waals surface area contributed by atoms with Crippen LogP contribution in [0.4, 0.5) is 0 Å². The van der Waals surface area contributed by atoms with E-state index in [1.807, 2.05) is 19.1 Å². The Labute approximate surface area is 114 Å². The van der Waals surface area contributed by atoms with Crippen LogP contribution < -0.4 is 11.1 Å². The van der Waals surface area contributed by atoms with Gasteiger partial charge in [0.15, 0.2) is 0 Å². The van der Waals surface area contributed by atoms with Gasteiger partial charge in [-0.05, 0) is 31.9 Å². The van der Waals surface area contributed by atoms with E-state index in [2.05, 4.69) is 5.32 Å². The van der Waals surface area contributed by atoms with Gasteiger partial charge in [0.05, 0.1) is 17.7 Å². The van der Waals surface area contributed by atoms with Crippen molar-refractivity contribution in [3.63, 3.8) is 0 Å². The molecule has 0 unspecified atom stereocenters. The SMILES string of the molecule is C[C@@H](NC(=O)C1(CN)CCCCCC1)c1ccco1. The molecule has 1 amide bonds. The monoisotopic (exact) mass is 264 g/mol. The second-order valence-electron chi connectivity index (χ2n) is 5.61. The molecule has 1 fully saturated rings. The number of carbonyl (C=O) groups excluding carboxylic acids is 1. The molecule has 4 nitrogen and oxygen atoms in total. The maximum atomic E-state index is 12.6. The Kier molecular flexibility index (Phi) is 4.64. The molecule has 1 aromatic rings. The van der Waals surface area contributed by atoms with Crippen molar-refractivity contribution in [2.75, 3.05) is 6.54 Å². The van der Waals surface area contributed by atoms with Gasteiger partial charge < -0.3 is 15.5 Å². The van der Waals surface area contributed by atoms with Gasteiger partial charge in [-0.3, -0.25) is 4.79 Å². The number of furan rings is 1. The van der Waals surface area contributed by atoms with Crippen LogP contribution in [-0.4, -0.2) is 12.5 Å². The van der Waals surface area contributed by atoms with Gasteiger partial charge in [-0.1, -0.05) is 25.7 Å². The minimum Gasteiger partial charge on any atom is -0.467 e. The van der Waals surface area contributed by atoms with E-state index in [0.29, 0.717) is 6.54 Å². The van der Waals surface area contributed by atoms with Crippen LogP contribution in [0.25, 0.3) is 0 Å². The standard InChI is InChI=1S/C15H24N2O2/c1-12(13-7-6-10-19-13)17-14(18)15(11-16)8-4-2-3-5-9-15/h6-7,10,12H,2-5,8-9,11,16H2,1H3,(H,17,18)/t12-/m1/s1. The highest BCUT2D eigenvalue weighted by molar-refractivity contribution is 5.83. The molecule has 0 aliphatic heterocycles. The lowest BCUT2D eigenvalue weighted by Crippen LogP contribution is -2.46. The number of carbonyl (C=O) groups is 1. The van der Waals surface area contributed by atoms with Crippen molar-refractivity contribution in [1.29, 1.82) is 0 Å². The molecule has 1 atom stereocenters. The molecule has 0 radical (unpaired) electrons. The summed E-state index contributed by atoms with van der Waals surface area (Å²) in [6.07, 6.45) is 8.05. The lowest BCUT2D eigenvalue weighted by molar-refractivity contribution is -0.132. The highest BCUT2D eigenvalue weighted by Gasteiger charge is 2.37. The number of rotatable bonds is 4. The second-order valence-corrected chi connectivity index (χ2v) is 5.61. The third-order valence-corrected chi connectivity index (χ3v) is 4.25. The van der Waals surface area contributed by atoms with Crippen molar-refractivity contribution in [1.82, 2.24) is 5.32 Å². The minimum atomic E-state index is -0.378. The molecule has 4 heteroatoms. The van der Waals surface area contributed by atoms with Crippen molar-refractivity contribution in [3.8, 4) is 0 Å². The van der Waals surface area contributed by atoms with Crippen LogP contribution in [-0.2, 0) is 4.79 Å². The molecule has 19 heavy (non-hydrogen) atoms. The molecule has 0 bridgehead atoms. The van der Waals surface area contributed by atoms with E-state index in [1.165, 1.54) is 12.8 Å². The maximum absolute atomic E-state index is 12.6. The minimum absolute atomic E-state index is 0.0841. The molecule has 106 valence electrons. The predicted molar refractivity (Wildman–Crippen MR) is 74.5 cm³/mol. The summed E-state index contributed by atoms with van der Waals surface area (Å²) in [4.78, 5) is 12.6. The second kappa shape index (κ2) is 6.24. The smallest absolute Gasteiger partial charge is 0.228 e. The molecule has 2 rings (SSSR count). The zero-order valence-corrected chi connectivity index (χ0v) is 11.7. The fourth-order valence-electron chi connectivity index (χ4n) is 2.89. The van der Waals surface area contributed by atoms with Gasteiger partial charge in [0, 0.05) is 6.54 Å². The molecule has 1 heterocycles. The molecular formula is C15H24N2O2. The molecule has 0 spiro atoms. The molecule has 3 N–H and O–H groups in total. The van der Waals surface area contributed by atoms with Crippen LogP contribution >= 0.6 is 0 Å². The summed E-state index contributed by atoms with van der Waals surface area (Å²) >= 11 is 0. The third kappa shape index (κ3) is 3.18. The predicted octanol–water partition coefficient (Wildman–Crippen LogP) is 2.76. The summed E-state index contributed by atoms with van der Waals surface area (Å²) in [6, 6.07) is 3.62. The van der Waals surface area contributed by atoms with E-state index in [0.717, 1.165) is 31.4 Å². The van der Waals surface area contributed by atoms with Gasteiger partial charge in [0.25, 0.3) is 0 Å². The van der Waals surface area contributed by atoms with E-state index < -0.39 is 0 Å². The van der Waals surface area contributed by atoms with Gasteiger partial charge in [-0.25, -0.2) is 0 Å².